The van der Waals surface area contributed by atoms with Crippen LogP contribution in [0.5, 0.6) is 0 Å². The molecule has 11 heteroatoms. The Balaban J connectivity index is 2.29. The van der Waals surface area contributed by atoms with Gasteiger partial charge in [0, 0.05) is 11.8 Å². The Morgan fingerprint density at radius 1 is 1.07 bits per heavy atom. The number of nitrogens with zero attached hydrogens (tertiary/aromatic N) is 4. The fourth-order valence-electron chi connectivity index (χ4n) is 2.79. The number of hydrogen-bond acceptors (Lipinski definition) is 4. The first-order chi connectivity index (χ1) is 12.5. The molecule has 0 aromatic carbocycles. The van der Waals surface area contributed by atoms with Crippen LogP contribution < -0.4 is 0 Å². The molecule has 0 spiro atoms. The van der Waals surface area contributed by atoms with Crippen molar-refractivity contribution in [1.82, 2.24) is 15.0 Å². The summed E-state index contributed by atoms with van der Waals surface area (Å²) in [6.07, 6.45) is -8.46. The molecule has 3 heterocycles. The molecule has 0 saturated heterocycles. The van der Waals surface area contributed by atoms with Gasteiger partial charge in [-0.05, 0) is 30.9 Å². The van der Waals surface area contributed by atoms with Crippen LogP contribution in [0.25, 0.3) is 0 Å². The zero-order valence-electron chi connectivity index (χ0n) is 13.7. The van der Waals surface area contributed by atoms with E-state index < -0.39 is 41.2 Å². The summed E-state index contributed by atoms with van der Waals surface area (Å²) < 4.78 is 79.3. The average molecular weight is 409 g/mol. The van der Waals surface area contributed by atoms with Gasteiger partial charge >= 0.3 is 12.4 Å². The SMILES string of the molecule is CC1CCC(c2ncccc2Cl)=Nc2nc(C(F)(F)F)nc(C(F)(F)F)c21. The van der Waals surface area contributed by atoms with Gasteiger partial charge in [0.1, 0.15) is 5.69 Å². The van der Waals surface area contributed by atoms with Gasteiger partial charge in [0.2, 0.25) is 5.82 Å². The maximum Gasteiger partial charge on any atom is 0.451 e. The number of alkyl halides is 6. The van der Waals surface area contributed by atoms with Crippen molar-refractivity contribution in [2.24, 2.45) is 4.99 Å². The molecular weight excluding hydrogens is 398 g/mol. The largest absolute Gasteiger partial charge is 0.451 e. The fourth-order valence-corrected chi connectivity index (χ4v) is 3.02. The van der Waals surface area contributed by atoms with Crippen molar-refractivity contribution in [3.63, 3.8) is 0 Å². The van der Waals surface area contributed by atoms with Crippen molar-refractivity contribution in [3.05, 3.63) is 46.1 Å². The standard InChI is InChI=1S/C16H11ClF6N4/c1-7-4-5-9(11-8(17)3-2-6-24-11)25-13-10(7)12(15(18,19)20)26-14(27-13)16(21,22)23/h2-3,6-7H,4-5H2,1H3. The molecule has 1 unspecified atom stereocenters. The molecule has 0 amide bonds. The molecule has 0 N–H and O–H groups in total. The van der Waals surface area contributed by atoms with Crippen molar-refractivity contribution in [2.75, 3.05) is 0 Å². The van der Waals surface area contributed by atoms with Crippen LogP contribution in [0.15, 0.2) is 23.3 Å². The van der Waals surface area contributed by atoms with Gasteiger partial charge in [-0.25, -0.2) is 15.0 Å². The van der Waals surface area contributed by atoms with Crippen LogP contribution in [0, 0.1) is 0 Å². The summed E-state index contributed by atoms with van der Waals surface area (Å²) in [6.45, 7) is 1.46. The third-order valence-electron chi connectivity index (χ3n) is 4.03. The molecule has 0 bridgehead atoms. The van der Waals surface area contributed by atoms with Crippen LogP contribution in [-0.4, -0.2) is 20.7 Å². The predicted molar refractivity (Wildman–Crippen MR) is 85.1 cm³/mol. The van der Waals surface area contributed by atoms with E-state index >= 15 is 0 Å². The van der Waals surface area contributed by atoms with Crippen LogP contribution in [0.3, 0.4) is 0 Å². The van der Waals surface area contributed by atoms with Crippen LogP contribution in [-0.2, 0) is 12.4 Å². The molecule has 0 saturated carbocycles. The highest BCUT2D eigenvalue weighted by Crippen LogP contribution is 2.43. The minimum absolute atomic E-state index is 0.172. The normalized spacial score (nSPS) is 17.9. The van der Waals surface area contributed by atoms with Gasteiger partial charge < -0.3 is 0 Å². The second-order valence-electron chi connectivity index (χ2n) is 5.96. The first-order valence-corrected chi connectivity index (χ1v) is 8.11. The van der Waals surface area contributed by atoms with Crippen LogP contribution in [0.4, 0.5) is 32.2 Å². The van der Waals surface area contributed by atoms with E-state index in [1.54, 1.807) is 6.07 Å². The second-order valence-corrected chi connectivity index (χ2v) is 6.37. The maximum absolute atomic E-state index is 13.4. The Morgan fingerprint density at radius 2 is 1.78 bits per heavy atom. The number of pyridine rings is 1. The summed E-state index contributed by atoms with van der Waals surface area (Å²) in [6, 6.07) is 3.05. The van der Waals surface area contributed by atoms with E-state index in [1.807, 2.05) is 0 Å². The van der Waals surface area contributed by atoms with E-state index in [2.05, 4.69) is 19.9 Å². The topological polar surface area (TPSA) is 51.0 Å². The number of halogens is 7. The second kappa shape index (κ2) is 6.74. The number of hydrogen-bond donors (Lipinski definition) is 0. The highest BCUT2D eigenvalue weighted by Gasteiger charge is 2.44. The van der Waals surface area contributed by atoms with Crippen LogP contribution in [0.2, 0.25) is 5.02 Å². The predicted octanol–water partition coefficient (Wildman–Crippen LogP) is 5.58. The molecule has 3 rings (SSSR count). The quantitative estimate of drug-likeness (QED) is 0.579. The first-order valence-electron chi connectivity index (χ1n) is 7.73. The summed E-state index contributed by atoms with van der Waals surface area (Å²) in [7, 11) is 0. The molecule has 1 aliphatic rings. The van der Waals surface area contributed by atoms with Crippen LogP contribution >= 0.6 is 11.6 Å². The highest BCUT2D eigenvalue weighted by atomic mass is 35.5. The van der Waals surface area contributed by atoms with Crippen molar-refractivity contribution >= 4 is 23.1 Å². The lowest BCUT2D eigenvalue weighted by molar-refractivity contribution is -0.153. The molecule has 1 aliphatic heterocycles. The molecule has 2 aromatic heterocycles. The average Bonchev–Trinajstić information content (AvgIpc) is 2.72. The Morgan fingerprint density at radius 3 is 2.37 bits per heavy atom. The zero-order valence-corrected chi connectivity index (χ0v) is 14.4. The lowest BCUT2D eigenvalue weighted by Crippen LogP contribution is -2.20. The van der Waals surface area contributed by atoms with Gasteiger partial charge in [0.15, 0.2) is 11.5 Å². The van der Waals surface area contributed by atoms with Gasteiger partial charge in [-0.1, -0.05) is 18.5 Å². The maximum atomic E-state index is 13.4. The van der Waals surface area contributed by atoms with Crippen molar-refractivity contribution in [3.8, 4) is 0 Å². The molecule has 0 radical (unpaired) electrons. The van der Waals surface area contributed by atoms with Gasteiger partial charge in [0.25, 0.3) is 0 Å². The molecule has 0 fully saturated rings. The summed E-state index contributed by atoms with van der Waals surface area (Å²) in [5, 5.41) is 0.188. The lowest BCUT2D eigenvalue weighted by atomic mass is 9.94. The van der Waals surface area contributed by atoms with Gasteiger partial charge in [-0.15, -0.1) is 0 Å². The van der Waals surface area contributed by atoms with E-state index in [1.165, 1.54) is 19.2 Å². The summed E-state index contributed by atoms with van der Waals surface area (Å²) in [5.41, 5.74) is -1.71. The van der Waals surface area contributed by atoms with Gasteiger partial charge in [-0.2, -0.15) is 26.3 Å². The summed E-state index contributed by atoms with van der Waals surface area (Å²) in [5.74, 6) is -3.31. The molecule has 144 valence electrons. The summed E-state index contributed by atoms with van der Waals surface area (Å²) in [4.78, 5) is 14.1. The minimum Gasteiger partial charge on any atom is -0.253 e. The molecule has 4 nitrogen and oxygen atoms in total. The third kappa shape index (κ3) is 3.90. The van der Waals surface area contributed by atoms with E-state index in [0.717, 1.165) is 0 Å². The first kappa shape index (κ1) is 19.5. The molecule has 27 heavy (non-hydrogen) atoms. The number of aliphatic imine (C=N–C) groups is 1. The zero-order chi connectivity index (χ0) is 20.0. The number of fused-ring (bicyclic) bond motifs is 1. The van der Waals surface area contributed by atoms with Crippen molar-refractivity contribution < 1.29 is 26.3 Å². The van der Waals surface area contributed by atoms with E-state index in [-0.39, 0.29) is 29.3 Å². The third-order valence-corrected chi connectivity index (χ3v) is 4.33. The Labute approximate surface area is 154 Å². The highest BCUT2D eigenvalue weighted by molar-refractivity contribution is 6.34. The van der Waals surface area contributed by atoms with Crippen molar-refractivity contribution in [2.45, 2.75) is 38.0 Å². The Bertz CT molecular complexity index is 907. The van der Waals surface area contributed by atoms with E-state index in [0.29, 0.717) is 0 Å². The van der Waals surface area contributed by atoms with Gasteiger partial charge in [0.05, 0.1) is 10.7 Å². The number of rotatable bonds is 1. The lowest BCUT2D eigenvalue weighted by Gasteiger charge is -2.18. The summed E-state index contributed by atoms with van der Waals surface area (Å²) >= 11 is 6.05. The fraction of sp³-hybridized carbons (Fsp3) is 0.375. The minimum atomic E-state index is -5.15. The number of aromatic nitrogens is 3. The van der Waals surface area contributed by atoms with E-state index in [4.69, 9.17) is 11.6 Å². The molecule has 0 aliphatic carbocycles. The monoisotopic (exact) mass is 408 g/mol. The Hall–Kier alpha value is -2.23. The smallest absolute Gasteiger partial charge is 0.253 e. The van der Waals surface area contributed by atoms with Gasteiger partial charge in [-0.3, -0.25) is 4.98 Å². The van der Waals surface area contributed by atoms with E-state index in [9.17, 15) is 26.3 Å². The molecular formula is C16H11ClF6N4. The van der Waals surface area contributed by atoms with Crippen LogP contribution in [0.1, 0.15) is 48.5 Å². The molecule has 2 aromatic rings. The Kier molecular flexibility index (Phi) is 4.87. The van der Waals surface area contributed by atoms with Crippen molar-refractivity contribution in [1.29, 1.82) is 0 Å². The molecule has 1 atom stereocenters.